The van der Waals surface area contributed by atoms with Gasteiger partial charge in [-0.25, -0.2) is 18.4 Å². The Bertz CT molecular complexity index is 849. The van der Waals surface area contributed by atoms with E-state index in [1.807, 2.05) is 0 Å². The molecule has 0 bridgehead atoms. The quantitative estimate of drug-likeness (QED) is 0.264. The lowest BCUT2D eigenvalue weighted by atomic mass is 9.67. The Kier molecular flexibility index (Phi) is 7.34. The largest absolute Gasteiger partial charge is 0.456 e. The molecule has 0 N–H and O–H groups in total. The van der Waals surface area contributed by atoms with Crippen molar-refractivity contribution in [3.63, 3.8) is 0 Å². The second-order valence-corrected chi connectivity index (χ2v) is 6.20. The molecule has 1 rings (SSSR count). The molecule has 0 aromatic rings. The van der Waals surface area contributed by atoms with Gasteiger partial charge in [0.2, 0.25) is 0 Å². The molecule has 0 aromatic heterocycles. The minimum absolute atomic E-state index is 2.92. The summed E-state index contributed by atoms with van der Waals surface area (Å²) in [6, 6.07) is 0. The number of esters is 2. The maximum absolute atomic E-state index is 14.6. The first-order valence-electron chi connectivity index (χ1n) is 7.62. The van der Waals surface area contributed by atoms with Crippen molar-refractivity contribution < 1.29 is 89.3 Å². The van der Waals surface area contributed by atoms with Crippen molar-refractivity contribution in [2.75, 3.05) is 13.2 Å². The van der Waals surface area contributed by atoms with Crippen LogP contribution < -0.4 is 0 Å². The van der Waals surface area contributed by atoms with Crippen LogP contribution in [0.2, 0.25) is 0 Å². The summed E-state index contributed by atoms with van der Waals surface area (Å²) in [6.45, 7) is -7.38. The van der Waals surface area contributed by atoms with E-state index in [-0.39, 0.29) is 0 Å². The SMILES string of the molecule is O=C(OCC1(F)C(F)(F)C(F)(F)C(F)(F)C(F)(COC(=O)C(F)=C(F)F)C1(F)F)C(F)=C(F)F. The predicted octanol–water partition coefficient (Wildman–Crippen LogP) is 5.20. The summed E-state index contributed by atoms with van der Waals surface area (Å²) < 4.78 is 219. The molecule has 4 nitrogen and oxygen atoms in total. The molecule has 0 saturated heterocycles. The topological polar surface area (TPSA) is 52.6 Å². The zero-order valence-corrected chi connectivity index (χ0v) is 15.1. The summed E-state index contributed by atoms with van der Waals surface area (Å²) in [6.07, 6.45) is -7.28. The van der Waals surface area contributed by atoms with Crippen molar-refractivity contribution in [2.24, 2.45) is 0 Å². The average Bonchev–Trinajstić information content (AvgIpc) is 2.72. The van der Waals surface area contributed by atoms with E-state index in [2.05, 4.69) is 9.47 Å². The standard InChI is InChI=1S/C14H4F16O4/c15-3(5(17)18)7(31)33-1-9(21)11(23,24)10(22,2-34-8(32)4(16)6(19)20)13(27,28)14(29,30)12(9,25)26/h1-2H2. The number of alkyl halides is 10. The number of rotatable bonds is 6. The fourth-order valence-electron chi connectivity index (χ4n) is 2.38. The summed E-state index contributed by atoms with van der Waals surface area (Å²) in [5.74, 6) is -43.0. The Hall–Kier alpha value is -2.70. The van der Waals surface area contributed by atoms with Gasteiger partial charge in [0, 0.05) is 0 Å². The fraction of sp³-hybridized carbons (Fsp3) is 0.571. The molecular weight excluding hydrogens is 536 g/mol. The highest BCUT2D eigenvalue weighted by Crippen LogP contribution is 2.69. The van der Waals surface area contributed by atoms with Crippen LogP contribution in [0.1, 0.15) is 0 Å². The first kappa shape index (κ1) is 29.3. The van der Waals surface area contributed by atoms with Gasteiger partial charge in [0.15, 0.2) is 0 Å². The van der Waals surface area contributed by atoms with Gasteiger partial charge in [-0.15, -0.1) is 0 Å². The van der Waals surface area contributed by atoms with Gasteiger partial charge in [-0.1, -0.05) is 0 Å². The molecule has 0 aromatic carbocycles. The van der Waals surface area contributed by atoms with Gasteiger partial charge in [0.05, 0.1) is 0 Å². The zero-order chi connectivity index (χ0) is 27.3. The summed E-state index contributed by atoms with van der Waals surface area (Å²) in [5, 5.41) is 0. The van der Waals surface area contributed by atoms with Gasteiger partial charge in [-0.2, -0.15) is 61.5 Å². The lowest BCUT2D eigenvalue weighted by Gasteiger charge is -2.54. The number of halogens is 16. The molecule has 2 unspecified atom stereocenters. The number of hydrogen-bond acceptors (Lipinski definition) is 4. The molecule has 2 atom stereocenters. The first-order chi connectivity index (χ1) is 15.0. The number of carbonyl (C=O) groups excluding carboxylic acids is 2. The van der Waals surface area contributed by atoms with Crippen LogP contribution in [0.5, 0.6) is 0 Å². The molecule has 0 heterocycles. The van der Waals surface area contributed by atoms with Crippen LogP contribution in [0.15, 0.2) is 23.8 Å². The molecule has 1 aliphatic rings. The van der Waals surface area contributed by atoms with Gasteiger partial charge in [-0.3, -0.25) is 0 Å². The van der Waals surface area contributed by atoms with Gasteiger partial charge in [-0.05, 0) is 0 Å². The van der Waals surface area contributed by atoms with E-state index in [0.29, 0.717) is 0 Å². The van der Waals surface area contributed by atoms with Crippen LogP contribution in [0.3, 0.4) is 0 Å². The third kappa shape index (κ3) is 3.73. The van der Waals surface area contributed by atoms with E-state index in [0.717, 1.165) is 0 Å². The van der Waals surface area contributed by atoms with Gasteiger partial charge >= 0.3 is 47.8 Å². The Morgan fingerprint density at radius 1 is 0.471 bits per heavy atom. The van der Waals surface area contributed by atoms with E-state index >= 15 is 0 Å². The van der Waals surface area contributed by atoms with E-state index in [4.69, 9.17) is 0 Å². The molecule has 1 saturated carbocycles. The highest BCUT2D eigenvalue weighted by atomic mass is 19.4. The van der Waals surface area contributed by atoms with Gasteiger partial charge in [0.1, 0.15) is 13.2 Å². The summed E-state index contributed by atoms with van der Waals surface area (Å²) in [5.41, 5.74) is -13.6. The Labute approximate surface area is 174 Å². The monoisotopic (exact) mass is 540 g/mol. The zero-order valence-electron chi connectivity index (χ0n) is 15.1. The molecule has 0 aliphatic heterocycles. The highest BCUT2D eigenvalue weighted by molar-refractivity contribution is 5.86. The molecular formula is C14H4F16O4. The second-order valence-electron chi connectivity index (χ2n) is 6.20. The summed E-state index contributed by atoms with van der Waals surface area (Å²) in [7, 11) is 0. The summed E-state index contributed by atoms with van der Waals surface area (Å²) in [4.78, 5) is 21.6. The lowest BCUT2D eigenvalue weighted by Crippen LogP contribution is -2.86. The van der Waals surface area contributed by atoms with Crippen molar-refractivity contribution in [3.05, 3.63) is 23.8 Å². The molecule has 1 fully saturated rings. The van der Waals surface area contributed by atoms with Gasteiger partial charge in [0.25, 0.3) is 23.0 Å². The van der Waals surface area contributed by atoms with E-state index in [9.17, 15) is 79.8 Å². The van der Waals surface area contributed by atoms with Crippen molar-refractivity contribution in [1.82, 2.24) is 0 Å². The van der Waals surface area contributed by atoms with Crippen LogP contribution in [0.4, 0.5) is 70.2 Å². The maximum atomic E-state index is 14.6. The van der Waals surface area contributed by atoms with Crippen molar-refractivity contribution in [2.45, 2.75) is 35.0 Å². The van der Waals surface area contributed by atoms with Crippen LogP contribution >= 0.6 is 0 Å². The Morgan fingerprint density at radius 3 is 0.971 bits per heavy atom. The third-order valence-corrected chi connectivity index (χ3v) is 4.27. The lowest BCUT2D eigenvalue weighted by molar-refractivity contribution is -0.466. The number of hydrogen-bond donors (Lipinski definition) is 0. The molecule has 34 heavy (non-hydrogen) atoms. The second kappa shape index (κ2) is 8.51. The van der Waals surface area contributed by atoms with Crippen LogP contribution in [0, 0.1) is 0 Å². The fourth-order valence-corrected chi connectivity index (χ4v) is 2.38. The first-order valence-corrected chi connectivity index (χ1v) is 7.62. The highest BCUT2D eigenvalue weighted by Gasteiger charge is 3.00. The Morgan fingerprint density at radius 2 is 0.735 bits per heavy atom. The van der Waals surface area contributed by atoms with Crippen LogP contribution in [-0.2, 0) is 19.1 Å². The molecule has 196 valence electrons. The molecule has 0 spiro atoms. The van der Waals surface area contributed by atoms with E-state index < -0.39 is 84.0 Å². The van der Waals surface area contributed by atoms with Crippen LogP contribution in [0.25, 0.3) is 0 Å². The molecule has 0 amide bonds. The van der Waals surface area contributed by atoms with E-state index in [1.54, 1.807) is 0 Å². The molecule has 0 radical (unpaired) electrons. The number of carbonyl (C=O) groups is 2. The Balaban J connectivity index is 3.66. The maximum Gasteiger partial charge on any atom is 0.379 e. The van der Waals surface area contributed by atoms with E-state index in [1.165, 1.54) is 0 Å². The van der Waals surface area contributed by atoms with Gasteiger partial charge < -0.3 is 9.47 Å². The van der Waals surface area contributed by atoms with Crippen LogP contribution in [-0.4, -0.2) is 60.2 Å². The molecule has 1 aliphatic carbocycles. The summed E-state index contributed by atoms with van der Waals surface area (Å²) >= 11 is 0. The number of ether oxygens (including phenoxy) is 2. The van der Waals surface area contributed by atoms with Crippen molar-refractivity contribution in [1.29, 1.82) is 0 Å². The predicted molar refractivity (Wildman–Crippen MR) is 70.1 cm³/mol. The third-order valence-electron chi connectivity index (χ3n) is 4.27. The van der Waals surface area contributed by atoms with Crippen molar-refractivity contribution >= 4 is 11.9 Å². The molecule has 20 heteroatoms. The minimum Gasteiger partial charge on any atom is -0.456 e. The smallest absolute Gasteiger partial charge is 0.379 e. The van der Waals surface area contributed by atoms with Crippen molar-refractivity contribution in [3.8, 4) is 0 Å². The minimum atomic E-state index is -7.55. The average molecular weight is 540 g/mol. The normalized spacial score (nSPS) is 28.5.